The maximum Gasteiger partial charge on any atom is 0.228 e. The number of fused-ring (bicyclic) bond motifs is 1. The molecule has 0 saturated carbocycles. The van der Waals surface area contributed by atoms with Gasteiger partial charge in [0.05, 0.1) is 39.6 Å². The highest BCUT2D eigenvalue weighted by Crippen LogP contribution is 2.32. The molecule has 0 aliphatic carbocycles. The van der Waals surface area contributed by atoms with Gasteiger partial charge in [-0.25, -0.2) is 9.97 Å². The number of ether oxygens (including phenoxy) is 2. The fraction of sp³-hybridized carbons (Fsp3) is 0.700. The van der Waals surface area contributed by atoms with Crippen molar-refractivity contribution < 1.29 is 19.7 Å². The van der Waals surface area contributed by atoms with E-state index in [9.17, 15) is 10.2 Å². The molecule has 2 saturated heterocycles. The summed E-state index contributed by atoms with van der Waals surface area (Å²) in [5.41, 5.74) is 1.24. The summed E-state index contributed by atoms with van der Waals surface area (Å²) in [6.45, 7) is 6.07. The lowest BCUT2D eigenvalue weighted by Gasteiger charge is -2.30. The maximum absolute atomic E-state index is 9.56. The van der Waals surface area contributed by atoms with Gasteiger partial charge in [-0.3, -0.25) is 0 Å². The summed E-state index contributed by atoms with van der Waals surface area (Å²) in [4.78, 5) is 27.4. The van der Waals surface area contributed by atoms with E-state index in [1.165, 1.54) is 0 Å². The van der Waals surface area contributed by atoms with E-state index < -0.39 is 0 Å². The van der Waals surface area contributed by atoms with E-state index in [1.54, 1.807) is 0 Å². The first-order chi connectivity index (χ1) is 15.6. The zero-order chi connectivity index (χ0) is 22.5. The predicted octanol–water partition coefficient (Wildman–Crippen LogP) is -1.05. The van der Waals surface area contributed by atoms with E-state index >= 15 is 0 Å². The lowest BCUT2D eigenvalue weighted by molar-refractivity contribution is 0.122. The Morgan fingerprint density at radius 2 is 1.06 bits per heavy atom. The molecule has 0 spiro atoms. The summed E-state index contributed by atoms with van der Waals surface area (Å²) < 4.78 is 11.0. The Morgan fingerprint density at radius 1 is 0.688 bits per heavy atom. The summed E-state index contributed by atoms with van der Waals surface area (Å²) in [5.74, 6) is 2.45. The summed E-state index contributed by atoms with van der Waals surface area (Å²) in [5, 5.41) is 19.1. The molecule has 2 N–H and O–H groups in total. The third-order valence-corrected chi connectivity index (χ3v) is 5.67. The van der Waals surface area contributed by atoms with E-state index in [0.717, 1.165) is 0 Å². The van der Waals surface area contributed by atoms with Gasteiger partial charge in [0, 0.05) is 53.4 Å². The van der Waals surface area contributed by atoms with Gasteiger partial charge >= 0.3 is 0 Å². The van der Waals surface area contributed by atoms with E-state index in [0.29, 0.717) is 100 Å². The number of aliphatic hydroxyl groups excluding tert-OH is 2. The van der Waals surface area contributed by atoms with Gasteiger partial charge in [0.2, 0.25) is 11.9 Å². The third-order valence-electron chi connectivity index (χ3n) is 5.67. The molecule has 12 nitrogen and oxygen atoms in total. The van der Waals surface area contributed by atoms with Crippen molar-refractivity contribution in [2.75, 3.05) is 113 Å². The number of hydrogen-bond donors (Lipinski definition) is 2. The van der Waals surface area contributed by atoms with Crippen molar-refractivity contribution in [1.29, 1.82) is 0 Å². The molecular formula is C20H32N8O4. The molecular weight excluding hydrogens is 416 g/mol. The maximum atomic E-state index is 9.56. The Bertz CT molecular complexity index is 832. The first kappa shape index (κ1) is 22.6. The zero-order valence-corrected chi connectivity index (χ0v) is 18.8. The van der Waals surface area contributed by atoms with Gasteiger partial charge in [-0.05, 0) is 0 Å². The summed E-state index contributed by atoms with van der Waals surface area (Å²) >= 11 is 0. The number of aromatic nitrogens is 4. The van der Waals surface area contributed by atoms with Gasteiger partial charge in [0.1, 0.15) is 11.0 Å². The molecule has 2 aliphatic heterocycles. The van der Waals surface area contributed by atoms with Crippen molar-refractivity contribution in [3.8, 4) is 0 Å². The highest BCUT2D eigenvalue weighted by atomic mass is 16.5. The van der Waals surface area contributed by atoms with Crippen LogP contribution in [0.2, 0.25) is 0 Å². The van der Waals surface area contributed by atoms with Crippen LogP contribution in [0.25, 0.3) is 11.0 Å². The minimum Gasteiger partial charge on any atom is -0.395 e. The van der Waals surface area contributed by atoms with Gasteiger partial charge < -0.3 is 39.3 Å². The Labute approximate surface area is 187 Å². The van der Waals surface area contributed by atoms with Crippen LogP contribution in [0, 0.1) is 0 Å². The summed E-state index contributed by atoms with van der Waals surface area (Å²) in [7, 11) is 3.77. The van der Waals surface area contributed by atoms with Crippen molar-refractivity contribution in [1.82, 2.24) is 19.9 Å². The fourth-order valence-electron chi connectivity index (χ4n) is 3.82. The van der Waals surface area contributed by atoms with E-state index in [2.05, 4.69) is 9.80 Å². The van der Waals surface area contributed by atoms with Crippen LogP contribution in [-0.2, 0) is 9.47 Å². The number of aliphatic hydroxyl groups is 2. The smallest absolute Gasteiger partial charge is 0.228 e. The van der Waals surface area contributed by atoms with E-state index in [-0.39, 0.29) is 13.2 Å². The molecule has 176 valence electrons. The second-order valence-electron chi connectivity index (χ2n) is 7.88. The monoisotopic (exact) mass is 448 g/mol. The molecule has 2 fully saturated rings. The van der Waals surface area contributed by atoms with Crippen LogP contribution in [0.15, 0.2) is 0 Å². The number of likely N-dealkylation sites (N-methyl/N-ethyl adjacent to an activating group) is 2. The zero-order valence-electron chi connectivity index (χ0n) is 18.8. The molecule has 4 rings (SSSR count). The van der Waals surface area contributed by atoms with Crippen LogP contribution in [-0.4, -0.2) is 123 Å². The molecule has 32 heavy (non-hydrogen) atoms. The minimum atomic E-state index is -0.00639. The first-order valence-corrected chi connectivity index (χ1v) is 11.0. The van der Waals surface area contributed by atoms with Gasteiger partial charge in [0.25, 0.3) is 0 Å². The van der Waals surface area contributed by atoms with Crippen molar-refractivity contribution in [3.63, 3.8) is 0 Å². The Kier molecular flexibility index (Phi) is 7.35. The predicted molar refractivity (Wildman–Crippen MR) is 122 cm³/mol. The van der Waals surface area contributed by atoms with Gasteiger partial charge in [0.15, 0.2) is 11.6 Å². The van der Waals surface area contributed by atoms with Crippen LogP contribution in [0.4, 0.5) is 23.5 Å². The standard InChI is InChI=1S/C20H32N8O4/c1-25(3-9-29)17-15-16(22-19(23-17)27-5-11-31-12-6-27)18(26(2)4-10-30)24-20(21-15)28-7-13-32-14-8-28/h29-30H,3-14H2,1-2H3. The topological polar surface area (TPSA) is 123 Å². The number of hydrogen-bond acceptors (Lipinski definition) is 12. The average Bonchev–Trinajstić information content (AvgIpc) is 2.84. The highest BCUT2D eigenvalue weighted by Gasteiger charge is 2.25. The van der Waals surface area contributed by atoms with Crippen LogP contribution >= 0.6 is 0 Å². The molecule has 0 unspecified atom stereocenters. The Morgan fingerprint density at radius 3 is 1.41 bits per heavy atom. The summed E-state index contributed by atoms with van der Waals surface area (Å²) in [6.07, 6.45) is 0. The minimum absolute atomic E-state index is 0.00639. The van der Waals surface area contributed by atoms with Crippen molar-refractivity contribution in [3.05, 3.63) is 0 Å². The third kappa shape index (κ3) is 4.77. The second kappa shape index (κ2) is 10.4. The number of anilines is 4. The number of morpholine rings is 2. The molecule has 2 aromatic rings. The largest absolute Gasteiger partial charge is 0.395 e. The van der Waals surface area contributed by atoms with Crippen LogP contribution in [0.5, 0.6) is 0 Å². The van der Waals surface area contributed by atoms with Crippen molar-refractivity contribution in [2.24, 2.45) is 0 Å². The second-order valence-corrected chi connectivity index (χ2v) is 7.88. The van der Waals surface area contributed by atoms with Crippen molar-refractivity contribution in [2.45, 2.75) is 0 Å². The molecule has 4 heterocycles. The SMILES string of the molecule is CN(CCO)c1nc(N2CCOCC2)nc2c(N(C)CCO)nc(N3CCOCC3)nc12. The van der Waals surface area contributed by atoms with Crippen LogP contribution < -0.4 is 19.6 Å². The molecule has 0 amide bonds. The van der Waals surface area contributed by atoms with Crippen molar-refractivity contribution >= 4 is 34.6 Å². The molecule has 0 atom stereocenters. The van der Waals surface area contributed by atoms with E-state index in [1.807, 2.05) is 23.9 Å². The normalized spacial score (nSPS) is 17.1. The number of rotatable bonds is 8. The van der Waals surface area contributed by atoms with Gasteiger partial charge in [-0.2, -0.15) is 9.97 Å². The summed E-state index contributed by atoms with van der Waals surface area (Å²) in [6, 6.07) is 0. The van der Waals surface area contributed by atoms with Gasteiger partial charge in [-0.1, -0.05) is 0 Å². The first-order valence-electron chi connectivity index (χ1n) is 11.0. The fourth-order valence-corrected chi connectivity index (χ4v) is 3.82. The molecule has 2 aromatic heterocycles. The van der Waals surface area contributed by atoms with Crippen LogP contribution in [0.3, 0.4) is 0 Å². The molecule has 2 aliphatic rings. The van der Waals surface area contributed by atoms with Gasteiger partial charge in [-0.15, -0.1) is 0 Å². The molecule has 0 aromatic carbocycles. The lowest BCUT2D eigenvalue weighted by Crippen LogP contribution is -2.38. The molecule has 0 radical (unpaired) electrons. The highest BCUT2D eigenvalue weighted by molar-refractivity contribution is 5.95. The van der Waals surface area contributed by atoms with E-state index in [4.69, 9.17) is 29.4 Å². The Balaban J connectivity index is 1.89. The number of nitrogens with zero attached hydrogens (tertiary/aromatic N) is 8. The lowest BCUT2D eigenvalue weighted by atomic mass is 10.3. The average molecular weight is 449 g/mol. The Hall–Kier alpha value is -2.54. The van der Waals surface area contributed by atoms with Crippen LogP contribution in [0.1, 0.15) is 0 Å². The quantitative estimate of drug-likeness (QED) is 0.512. The molecule has 0 bridgehead atoms. The molecule has 12 heteroatoms.